The van der Waals surface area contributed by atoms with Gasteiger partial charge in [0.1, 0.15) is 0 Å². The van der Waals surface area contributed by atoms with Gasteiger partial charge in [-0.1, -0.05) is 135 Å². The van der Waals surface area contributed by atoms with Gasteiger partial charge in [-0.15, -0.1) is 0 Å². The van der Waals surface area contributed by atoms with Gasteiger partial charge in [0.15, 0.2) is 0 Å². The van der Waals surface area contributed by atoms with Crippen molar-refractivity contribution in [2.45, 2.75) is 33.1 Å². The average Bonchev–Trinajstić information content (AvgIpc) is 3.31. The molecule has 1 aliphatic carbocycles. The van der Waals surface area contributed by atoms with Gasteiger partial charge in [0.2, 0.25) is 0 Å². The molecule has 1 aliphatic rings. The van der Waals surface area contributed by atoms with Crippen molar-refractivity contribution in [2.75, 3.05) is 4.90 Å². The summed E-state index contributed by atoms with van der Waals surface area (Å²) in [6.45, 7) is 8.88. The summed E-state index contributed by atoms with van der Waals surface area (Å²) >= 11 is 0. The van der Waals surface area contributed by atoms with Crippen LogP contribution in [0.15, 0.2) is 151 Å². The number of para-hydroxylation sites is 1. The summed E-state index contributed by atoms with van der Waals surface area (Å²) in [5.41, 5.74) is 11.2. The minimum atomic E-state index is -0.137. The van der Waals surface area contributed by atoms with Crippen molar-refractivity contribution in [3.63, 3.8) is 0 Å². The molecule has 8 rings (SSSR count). The Balaban J connectivity index is 1.28. The van der Waals surface area contributed by atoms with E-state index in [0.29, 0.717) is 0 Å². The molecule has 7 aromatic rings. The first kappa shape index (κ1) is 28.1. The molecule has 46 heavy (non-hydrogen) atoms. The van der Waals surface area contributed by atoms with E-state index in [1.165, 1.54) is 77.1 Å². The highest BCUT2D eigenvalue weighted by Gasteiger charge is 2.36. The zero-order chi connectivity index (χ0) is 31.4. The molecule has 0 aliphatic heterocycles. The fraction of sp³-hybridized carbons (Fsp3) is 0.111. The molecule has 0 bridgehead atoms. The van der Waals surface area contributed by atoms with Crippen molar-refractivity contribution < 1.29 is 0 Å². The van der Waals surface area contributed by atoms with Gasteiger partial charge >= 0.3 is 0 Å². The van der Waals surface area contributed by atoms with Crippen LogP contribution in [-0.2, 0) is 5.41 Å². The Morgan fingerprint density at radius 2 is 1.26 bits per heavy atom. The van der Waals surface area contributed by atoms with E-state index >= 15 is 0 Å². The Hall–Kier alpha value is -5.40. The lowest BCUT2D eigenvalue weighted by Gasteiger charge is -2.29. The molecule has 7 aromatic carbocycles. The van der Waals surface area contributed by atoms with Gasteiger partial charge < -0.3 is 4.90 Å². The van der Waals surface area contributed by atoms with Gasteiger partial charge in [0.25, 0.3) is 0 Å². The first-order chi connectivity index (χ1) is 22.5. The third-order valence-corrected chi connectivity index (χ3v) is 9.86. The second-order valence-corrected chi connectivity index (χ2v) is 12.9. The van der Waals surface area contributed by atoms with Crippen LogP contribution in [0, 0.1) is 0 Å². The van der Waals surface area contributed by atoms with Crippen LogP contribution in [0.25, 0.3) is 49.5 Å². The van der Waals surface area contributed by atoms with Gasteiger partial charge in [0, 0.05) is 22.2 Å². The molecule has 222 valence electrons. The Kier molecular flexibility index (Phi) is 6.65. The molecule has 1 nitrogen and oxygen atoms in total. The Labute approximate surface area is 271 Å². The minimum absolute atomic E-state index is 0.137. The van der Waals surface area contributed by atoms with Gasteiger partial charge in [-0.25, -0.2) is 0 Å². The number of anilines is 3. The summed E-state index contributed by atoms with van der Waals surface area (Å²) in [6.07, 6.45) is 10.8. The zero-order valence-electron chi connectivity index (χ0n) is 26.9. The summed E-state index contributed by atoms with van der Waals surface area (Å²) in [5.74, 6) is 0. The zero-order valence-corrected chi connectivity index (χ0v) is 26.9. The maximum atomic E-state index is 2.44. The lowest BCUT2D eigenvalue weighted by molar-refractivity contribution is 0.660. The molecule has 0 spiro atoms. The van der Waals surface area contributed by atoms with Crippen molar-refractivity contribution in [1.82, 2.24) is 0 Å². The monoisotopic (exact) mass is 591 g/mol. The van der Waals surface area contributed by atoms with E-state index in [9.17, 15) is 0 Å². The van der Waals surface area contributed by atoms with E-state index in [1.807, 2.05) is 0 Å². The molecule has 1 heteroatoms. The normalized spacial score (nSPS) is 14.2. The third kappa shape index (κ3) is 4.38. The summed E-state index contributed by atoms with van der Waals surface area (Å²) in [5, 5.41) is 7.79. The summed E-state index contributed by atoms with van der Waals surface area (Å²) < 4.78 is 0. The topological polar surface area (TPSA) is 3.24 Å². The van der Waals surface area contributed by atoms with E-state index in [1.54, 1.807) is 0 Å². The quantitative estimate of drug-likeness (QED) is 0.137. The van der Waals surface area contributed by atoms with Crippen molar-refractivity contribution >= 4 is 55.5 Å². The van der Waals surface area contributed by atoms with Crippen LogP contribution in [0.5, 0.6) is 0 Å². The van der Waals surface area contributed by atoms with Crippen LogP contribution in [0.3, 0.4) is 0 Å². The van der Waals surface area contributed by atoms with Crippen molar-refractivity contribution in [3.8, 4) is 11.1 Å². The van der Waals surface area contributed by atoms with E-state index in [2.05, 4.69) is 184 Å². The van der Waals surface area contributed by atoms with Crippen LogP contribution in [-0.4, -0.2) is 0 Å². The highest BCUT2D eigenvalue weighted by Crippen LogP contribution is 2.52. The number of nitrogens with zero attached hydrogens (tertiary/aromatic N) is 1. The fourth-order valence-corrected chi connectivity index (χ4v) is 7.54. The molecule has 0 heterocycles. The smallest absolute Gasteiger partial charge is 0.0540 e. The van der Waals surface area contributed by atoms with E-state index in [-0.39, 0.29) is 5.41 Å². The van der Waals surface area contributed by atoms with Gasteiger partial charge in [-0.2, -0.15) is 0 Å². The minimum Gasteiger partial charge on any atom is -0.310 e. The average molecular weight is 592 g/mol. The van der Waals surface area contributed by atoms with Gasteiger partial charge in [-0.05, 0) is 105 Å². The number of benzene rings is 7. The molecular weight excluding hydrogens is 555 g/mol. The van der Waals surface area contributed by atoms with Gasteiger partial charge in [-0.3, -0.25) is 0 Å². The number of hydrogen-bond donors (Lipinski definition) is 0. The van der Waals surface area contributed by atoms with Crippen molar-refractivity contribution in [1.29, 1.82) is 0 Å². The molecule has 0 N–H and O–H groups in total. The third-order valence-electron chi connectivity index (χ3n) is 9.86. The fourth-order valence-electron chi connectivity index (χ4n) is 7.54. The number of rotatable bonds is 6. The van der Waals surface area contributed by atoms with Crippen LogP contribution in [0.4, 0.5) is 17.1 Å². The predicted molar refractivity (Wildman–Crippen MR) is 200 cm³/mol. The lowest BCUT2D eigenvalue weighted by Crippen LogP contribution is -2.17. The Morgan fingerprint density at radius 1 is 0.587 bits per heavy atom. The molecule has 0 unspecified atom stereocenters. The van der Waals surface area contributed by atoms with Gasteiger partial charge in [0.05, 0.1) is 5.69 Å². The first-order valence-electron chi connectivity index (χ1n) is 16.3. The van der Waals surface area contributed by atoms with Crippen LogP contribution in [0.1, 0.15) is 44.4 Å². The Bertz CT molecular complexity index is 2330. The SMILES string of the molecule is CC=CC(C=Cc1ccc2c(c1)C(C)(C)c1cc(N(c3ccccc3)c3ccc4ccc5cccc6ccc3c4c56)ccc1-2)=CC. The highest BCUT2D eigenvalue weighted by atomic mass is 15.1. The maximum Gasteiger partial charge on any atom is 0.0540 e. The highest BCUT2D eigenvalue weighted by molar-refractivity contribution is 6.25. The first-order valence-corrected chi connectivity index (χ1v) is 16.3. The van der Waals surface area contributed by atoms with Crippen molar-refractivity contribution in [3.05, 3.63) is 168 Å². The largest absolute Gasteiger partial charge is 0.310 e. The van der Waals surface area contributed by atoms with Crippen LogP contribution >= 0.6 is 0 Å². The van der Waals surface area contributed by atoms with Crippen LogP contribution < -0.4 is 4.90 Å². The van der Waals surface area contributed by atoms with Crippen LogP contribution in [0.2, 0.25) is 0 Å². The molecule has 0 saturated carbocycles. The van der Waals surface area contributed by atoms with E-state index < -0.39 is 0 Å². The molecule has 0 radical (unpaired) electrons. The van der Waals surface area contributed by atoms with Crippen molar-refractivity contribution in [2.24, 2.45) is 0 Å². The number of fused-ring (bicyclic) bond motifs is 3. The maximum absolute atomic E-state index is 2.44. The standard InChI is InChI=1S/C45H37N/c1-5-11-30(6-2)16-17-31-18-24-37-38-26-23-36(29-41(38)45(3,4)40(37)28-31)46(35-14-8-7-9-15-35)42-27-22-34-20-19-32-12-10-13-33-21-25-39(42)44(34)43(32)33/h5-29H,1-4H3. The number of hydrogen-bond acceptors (Lipinski definition) is 1. The van der Waals surface area contributed by atoms with E-state index in [0.717, 1.165) is 5.69 Å². The summed E-state index contributed by atoms with van der Waals surface area (Å²) in [6, 6.07) is 45.1. The lowest BCUT2D eigenvalue weighted by atomic mass is 9.81. The molecule has 0 fully saturated rings. The molecule has 0 aromatic heterocycles. The molecule has 0 amide bonds. The van der Waals surface area contributed by atoms with E-state index in [4.69, 9.17) is 0 Å². The predicted octanol–water partition coefficient (Wildman–Crippen LogP) is 12.9. The molecule has 0 saturated heterocycles. The second-order valence-electron chi connectivity index (χ2n) is 12.9. The molecule has 0 atom stereocenters. The summed E-state index contributed by atoms with van der Waals surface area (Å²) in [7, 11) is 0. The second kappa shape index (κ2) is 10.9. The molecular formula is C45H37N. The summed E-state index contributed by atoms with van der Waals surface area (Å²) in [4.78, 5) is 2.44. The number of allylic oxidation sites excluding steroid dienone is 5. The Morgan fingerprint density at radius 3 is 2.00 bits per heavy atom.